The fraction of sp³-hybridized carbons (Fsp3) is 0.370. The number of carbonyl (C=O) groups is 2. The second kappa shape index (κ2) is 9.55. The van der Waals surface area contributed by atoms with E-state index in [2.05, 4.69) is 4.98 Å². The lowest BCUT2D eigenvalue weighted by Crippen LogP contribution is -2.59. The van der Waals surface area contributed by atoms with Crippen molar-refractivity contribution in [3.63, 3.8) is 0 Å². The minimum absolute atomic E-state index is 0.0166. The van der Waals surface area contributed by atoms with E-state index in [1.165, 1.54) is 12.1 Å². The van der Waals surface area contributed by atoms with Crippen LogP contribution in [-0.2, 0) is 14.3 Å². The molecule has 1 unspecified atom stereocenters. The van der Waals surface area contributed by atoms with E-state index in [1.807, 2.05) is 11.8 Å². The Labute approximate surface area is 207 Å². The van der Waals surface area contributed by atoms with Crippen LogP contribution in [-0.4, -0.2) is 65.0 Å². The number of pyridine rings is 1. The number of benzene rings is 2. The number of primary amides is 1. The summed E-state index contributed by atoms with van der Waals surface area (Å²) in [5, 5.41) is 0.654. The van der Waals surface area contributed by atoms with Crippen LogP contribution < -0.4 is 5.73 Å². The van der Waals surface area contributed by atoms with Gasteiger partial charge in [-0.1, -0.05) is 24.3 Å². The number of rotatable bonds is 5. The van der Waals surface area contributed by atoms with Crippen LogP contribution in [0.2, 0.25) is 0 Å². The van der Waals surface area contributed by atoms with Gasteiger partial charge in [0.05, 0.1) is 17.3 Å². The Morgan fingerprint density at radius 1 is 1.14 bits per heavy atom. The molecule has 0 saturated carbocycles. The molecule has 2 fully saturated rings. The topological polar surface area (TPSA) is 88.8 Å². The predicted molar refractivity (Wildman–Crippen MR) is 131 cm³/mol. The summed E-state index contributed by atoms with van der Waals surface area (Å²) < 4.78 is 34.8. The number of amides is 2. The van der Waals surface area contributed by atoms with E-state index in [0.717, 1.165) is 11.8 Å². The highest BCUT2D eigenvalue weighted by molar-refractivity contribution is 5.85. The fourth-order valence-corrected chi connectivity index (χ4v) is 5.30. The van der Waals surface area contributed by atoms with Crippen molar-refractivity contribution >= 4 is 22.7 Å². The van der Waals surface area contributed by atoms with Crippen molar-refractivity contribution in [2.24, 2.45) is 5.73 Å². The molecular formula is C27H28F2N4O3. The number of halogens is 2. The predicted octanol–water partition coefficient (Wildman–Crippen LogP) is 3.42. The summed E-state index contributed by atoms with van der Waals surface area (Å²) in [6.07, 6.45) is 2.38. The monoisotopic (exact) mass is 494 g/mol. The normalized spacial score (nSPS) is 19.1. The molecule has 5 rings (SSSR count). The second-order valence-electron chi connectivity index (χ2n) is 9.52. The van der Waals surface area contributed by atoms with Crippen molar-refractivity contribution < 1.29 is 23.1 Å². The molecule has 0 radical (unpaired) electrons. The molecule has 1 atom stereocenters. The molecule has 2 saturated heterocycles. The highest BCUT2D eigenvalue weighted by Crippen LogP contribution is 2.35. The molecule has 2 aliphatic rings. The summed E-state index contributed by atoms with van der Waals surface area (Å²) in [7, 11) is 0. The molecule has 0 bridgehead atoms. The number of morpholine rings is 1. The van der Waals surface area contributed by atoms with E-state index >= 15 is 4.39 Å². The van der Waals surface area contributed by atoms with Crippen LogP contribution in [0.5, 0.6) is 0 Å². The Kier molecular flexibility index (Phi) is 6.44. The SMILES string of the molecule is CCN1CC2(CCN(C(C(N)=O)c3ccc(-c4ccc5cc(F)cnc5c4)cc3F)CC2)OCC1=O. The molecule has 2 N–H and O–H groups in total. The van der Waals surface area contributed by atoms with Crippen LogP contribution in [0, 0.1) is 11.6 Å². The average Bonchev–Trinajstić information content (AvgIpc) is 2.87. The molecule has 188 valence electrons. The van der Waals surface area contributed by atoms with Gasteiger partial charge in [0.25, 0.3) is 0 Å². The zero-order chi connectivity index (χ0) is 25.4. The molecule has 3 heterocycles. The first-order valence-electron chi connectivity index (χ1n) is 12.1. The number of likely N-dealkylation sites (tertiary alicyclic amines) is 1. The van der Waals surface area contributed by atoms with Crippen LogP contribution in [0.3, 0.4) is 0 Å². The van der Waals surface area contributed by atoms with Gasteiger partial charge < -0.3 is 15.4 Å². The average molecular weight is 495 g/mol. The highest BCUT2D eigenvalue weighted by atomic mass is 19.1. The van der Waals surface area contributed by atoms with E-state index in [0.29, 0.717) is 55.5 Å². The van der Waals surface area contributed by atoms with Crippen LogP contribution in [0.25, 0.3) is 22.0 Å². The number of nitrogens with zero attached hydrogens (tertiary/aromatic N) is 3. The first-order valence-corrected chi connectivity index (χ1v) is 12.1. The maximum atomic E-state index is 15.4. The molecule has 36 heavy (non-hydrogen) atoms. The van der Waals surface area contributed by atoms with Gasteiger partial charge in [0.1, 0.15) is 24.3 Å². The zero-order valence-corrected chi connectivity index (χ0v) is 20.0. The molecule has 3 aromatic rings. The van der Waals surface area contributed by atoms with E-state index in [1.54, 1.807) is 35.2 Å². The van der Waals surface area contributed by atoms with Crippen molar-refractivity contribution in [3.05, 3.63) is 65.9 Å². The van der Waals surface area contributed by atoms with Gasteiger partial charge in [-0.15, -0.1) is 0 Å². The van der Waals surface area contributed by atoms with Gasteiger partial charge in [0.2, 0.25) is 11.8 Å². The number of hydrogen-bond donors (Lipinski definition) is 1. The van der Waals surface area contributed by atoms with Crippen molar-refractivity contribution in [3.8, 4) is 11.1 Å². The molecular weight excluding hydrogens is 466 g/mol. The summed E-state index contributed by atoms with van der Waals surface area (Å²) in [4.78, 5) is 32.3. The minimum atomic E-state index is -0.912. The number of nitrogens with two attached hydrogens (primary N) is 1. The summed E-state index contributed by atoms with van der Waals surface area (Å²) in [5.41, 5.74) is 7.47. The van der Waals surface area contributed by atoms with Crippen LogP contribution in [0.1, 0.15) is 31.4 Å². The van der Waals surface area contributed by atoms with Gasteiger partial charge in [-0.05, 0) is 49.1 Å². The third-order valence-electron chi connectivity index (χ3n) is 7.34. The molecule has 2 amide bonds. The number of ether oxygens (including phenoxy) is 1. The van der Waals surface area contributed by atoms with Gasteiger partial charge in [-0.2, -0.15) is 0 Å². The Balaban J connectivity index is 1.36. The first kappa shape index (κ1) is 24.3. The van der Waals surface area contributed by atoms with Crippen molar-refractivity contribution in [2.45, 2.75) is 31.4 Å². The zero-order valence-electron chi connectivity index (χ0n) is 20.0. The second-order valence-corrected chi connectivity index (χ2v) is 9.52. The van der Waals surface area contributed by atoms with E-state index in [4.69, 9.17) is 10.5 Å². The Morgan fingerprint density at radius 2 is 1.86 bits per heavy atom. The first-order chi connectivity index (χ1) is 17.3. The smallest absolute Gasteiger partial charge is 0.248 e. The molecule has 9 heteroatoms. The summed E-state index contributed by atoms with van der Waals surface area (Å²) >= 11 is 0. The maximum Gasteiger partial charge on any atom is 0.248 e. The standard InChI is InChI=1S/C27H28F2N4O3/c1-2-32-16-27(36-15-24(32)34)7-9-33(10-8-27)25(26(30)35)21-6-5-17(12-22(21)29)18-3-4-19-11-20(28)14-31-23(19)13-18/h3-6,11-14,25H,2,7-10,15-16H2,1H3,(H2,30,35). The Hall–Kier alpha value is -3.43. The quantitative estimate of drug-likeness (QED) is 0.587. The number of hydrogen-bond acceptors (Lipinski definition) is 5. The van der Waals surface area contributed by atoms with Gasteiger partial charge >= 0.3 is 0 Å². The van der Waals surface area contributed by atoms with Crippen LogP contribution in [0.4, 0.5) is 8.78 Å². The summed E-state index contributed by atoms with van der Waals surface area (Å²) in [6.45, 7) is 4.13. The van der Waals surface area contributed by atoms with E-state index in [-0.39, 0.29) is 18.1 Å². The third kappa shape index (κ3) is 4.56. The molecule has 7 nitrogen and oxygen atoms in total. The third-order valence-corrected chi connectivity index (χ3v) is 7.34. The lowest BCUT2D eigenvalue weighted by molar-refractivity contribution is -0.172. The summed E-state index contributed by atoms with van der Waals surface area (Å²) in [5.74, 6) is -1.58. The summed E-state index contributed by atoms with van der Waals surface area (Å²) in [6, 6.07) is 10.5. The number of piperidine rings is 1. The van der Waals surface area contributed by atoms with Gasteiger partial charge in [-0.3, -0.25) is 19.5 Å². The molecule has 1 spiro atoms. The Bertz CT molecular complexity index is 1320. The van der Waals surface area contributed by atoms with Gasteiger partial charge in [-0.25, -0.2) is 8.78 Å². The number of carbonyl (C=O) groups excluding carboxylic acids is 2. The highest BCUT2D eigenvalue weighted by Gasteiger charge is 2.44. The Morgan fingerprint density at radius 3 is 2.56 bits per heavy atom. The number of aromatic nitrogens is 1. The lowest BCUT2D eigenvalue weighted by atomic mass is 9.87. The molecule has 0 aliphatic carbocycles. The lowest BCUT2D eigenvalue weighted by Gasteiger charge is -2.48. The van der Waals surface area contributed by atoms with Crippen LogP contribution >= 0.6 is 0 Å². The van der Waals surface area contributed by atoms with Gasteiger partial charge in [0, 0.05) is 37.1 Å². The molecule has 1 aromatic heterocycles. The largest absolute Gasteiger partial charge is 0.368 e. The van der Waals surface area contributed by atoms with Crippen molar-refractivity contribution in [1.29, 1.82) is 0 Å². The number of fused-ring (bicyclic) bond motifs is 1. The van der Waals surface area contributed by atoms with E-state index < -0.39 is 29.2 Å². The minimum Gasteiger partial charge on any atom is -0.368 e. The van der Waals surface area contributed by atoms with Crippen molar-refractivity contribution in [2.75, 3.05) is 32.8 Å². The van der Waals surface area contributed by atoms with Crippen LogP contribution in [0.15, 0.2) is 48.7 Å². The van der Waals surface area contributed by atoms with Crippen molar-refractivity contribution in [1.82, 2.24) is 14.8 Å². The van der Waals surface area contributed by atoms with Gasteiger partial charge in [0.15, 0.2) is 0 Å². The molecule has 2 aliphatic heterocycles. The maximum absolute atomic E-state index is 15.4. The number of likely N-dealkylation sites (N-methyl/N-ethyl adjacent to an activating group) is 1. The van der Waals surface area contributed by atoms with E-state index in [9.17, 15) is 14.0 Å². The molecule has 2 aromatic carbocycles. The fourth-order valence-electron chi connectivity index (χ4n) is 5.30.